The van der Waals surface area contributed by atoms with Gasteiger partial charge in [-0.2, -0.15) is 0 Å². The lowest BCUT2D eigenvalue weighted by Crippen LogP contribution is -2.48. The third-order valence-electron chi connectivity index (χ3n) is 4.18. The zero-order chi connectivity index (χ0) is 13.6. The van der Waals surface area contributed by atoms with Crippen molar-refractivity contribution in [3.8, 4) is 0 Å². The Kier molecular flexibility index (Phi) is 6.65. The van der Waals surface area contributed by atoms with E-state index in [2.05, 4.69) is 32.6 Å². The summed E-state index contributed by atoms with van der Waals surface area (Å²) in [6.07, 6.45) is 7.72. The Morgan fingerprint density at radius 3 is 1.78 bits per heavy atom. The van der Waals surface area contributed by atoms with Crippen LogP contribution >= 0.6 is 0 Å². The molecule has 1 aliphatic rings. The molecule has 2 heteroatoms. The molecule has 108 valence electrons. The Morgan fingerprint density at radius 2 is 1.39 bits per heavy atom. The van der Waals surface area contributed by atoms with Gasteiger partial charge in [0.05, 0.1) is 0 Å². The summed E-state index contributed by atoms with van der Waals surface area (Å²) in [5.74, 6) is 1.59. The van der Waals surface area contributed by atoms with Crippen LogP contribution in [0.1, 0.15) is 66.2 Å². The molecule has 18 heavy (non-hydrogen) atoms. The van der Waals surface area contributed by atoms with Crippen LogP contribution in [0.4, 0.5) is 0 Å². The van der Waals surface area contributed by atoms with Crippen molar-refractivity contribution in [3.05, 3.63) is 0 Å². The van der Waals surface area contributed by atoms with Crippen LogP contribution in [0.5, 0.6) is 0 Å². The fourth-order valence-electron chi connectivity index (χ4n) is 2.83. The van der Waals surface area contributed by atoms with Crippen LogP contribution in [0.25, 0.3) is 0 Å². The molecule has 0 aromatic heterocycles. The van der Waals surface area contributed by atoms with Gasteiger partial charge in [-0.25, -0.2) is 0 Å². The second kappa shape index (κ2) is 7.49. The van der Waals surface area contributed by atoms with Crippen molar-refractivity contribution in [2.24, 2.45) is 17.6 Å². The Bertz CT molecular complexity index is 205. The molecule has 0 saturated heterocycles. The van der Waals surface area contributed by atoms with Crippen LogP contribution in [0, 0.1) is 11.8 Å². The number of nitrogens with two attached hydrogens (primary N) is 1. The minimum Gasteiger partial charge on any atom is -0.324 e. The predicted octanol–water partition coefficient (Wildman–Crippen LogP) is 3.65. The summed E-state index contributed by atoms with van der Waals surface area (Å²) in [6, 6.07) is 0. The molecule has 0 unspecified atom stereocenters. The molecule has 1 aliphatic carbocycles. The Labute approximate surface area is 114 Å². The highest BCUT2D eigenvalue weighted by molar-refractivity contribution is 4.92. The van der Waals surface area contributed by atoms with Gasteiger partial charge in [-0.15, -0.1) is 0 Å². The van der Waals surface area contributed by atoms with Gasteiger partial charge in [-0.1, -0.05) is 40.5 Å². The summed E-state index contributed by atoms with van der Waals surface area (Å²) in [6.45, 7) is 12.8. The predicted molar refractivity (Wildman–Crippen MR) is 80.7 cm³/mol. The van der Waals surface area contributed by atoms with Gasteiger partial charge in [-0.3, -0.25) is 0 Å². The molecule has 2 N–H and O–H groups in total. The molecule has 0 atom stereocenters. The van der Waals surface area contributed by atoms with Crippen molar-refractivity contribution in [1.29, 1.82) is 0 Å². The third kappa shape index (κ3) is 6.19. The van der Waals surface area contributed by atoms with Gasteiger partial charge in [0.2, 0.25) is 0 Å². The van der Waals surface area contributed by atoms with Crippen molar-refractivity contribution in [2.75, 3.05) is 19.6 Å². The van der Waals surface area contributed by atoms with E-state index in [0.29, 0.717) is 0 Å². The first-order valence-electron chi connectivity index (χ1n) is 7.92. The van der Waals surface area contributed by atoms with E-state index < -0.39 is 0 Å². The molecule has 0 aromatic rings. The normalized spacial score (nSPS) is 19.3. The van der Waals surface area contributed by atoms with E-state index in [-0.39, 0.29) is 5.54 Å². The van der Waals surface area contributed by atoms with Crippen LogP contribution in [0.3, 0.4) is 0 Å². The summed E-state index contributed by atoms with van der Waals surface area (Å²) < 4.78 is 0. The lowest BCUT2D eigenvalue weighted by atomic mass is 9.97. The first-order chi connectivity index (χ1) is 8.41. The highest BCUT2D eigenvalue weighted by atomic mass is 15.1. The molecule has 0 aromatic carbocycles. The largest absolute Gasteiger partial charge is 0.324 e. The molecule has 0 amide bonds. The Hall–Kier alpha value is -0.0800. The highest BCUT2D eigenvalue weighted by Gasteiger charge is 2.31. The Morgan fingerprint density at radius 1 is 0.944 bits per heavy atom. The van der Waals surface area contributed by atoms with Crippen LogP contribution in [-0.2, 0) is 0 Å². The topological polar surface area (TPSA) is 29.3 Å². The van der Waals surface area contributed by atoms with Gasteiger partial charge >= 0.3 is 0 Å². The second-order valence-corrected chi connectivity index (χ2v) is 7.21. The molecular weight excluding hydrogens is 220 g/mol. The van der Waals surface area contributed by atoms with Gasteiger partial charge < -0.3 is 10.6 Å². The maximum atomic E-state index is 6.53. The summed E-state index contributed by atoms with van der Waals surface area (Å²) in [5, 5.41) is 0. The van der Waals surface area contributed by atoms with E-state index >= 15 is 0 Å². The van der Waals surface area contributed by atoms with E-state index in [4.69, 9.17) is 5.73 Å². The minimum atomic E-state index is 0.119. The van der Waals surface area contributed by atoms with E-state index in [1.165, 1.54) is 51.6 Å². The second-order valence-electron chi connectivity index (χ2n) is 7.21. The molecule has 0 radical (unpaired) electrons. The van der Waals surface area contributed by atoms with E-state index in [9.17, 15) is 0 Å². The number of rotatable bonds is 8. The number of hydrogen-bond donors (Lipinski definition) is 1. The molecule has 1 rings (SSSR count). The van der Waals surface area contributed by atoms with Crippen LogP contribution in [0.2, 0.25) is 0 Å². The molecule has 0 heterocycles. The van der Waals surface area contributed by atoms with Gasteiger partial charge in [-0.05, 0) is 50.6 Å². The first-order valence-corrected chi connectivity index (χ1v) is 7.92. The van der Waals surface area contributed by atoms with Crippen molar-refractivity contribution in [2.45, 2.75) is 71.8 Å². The van der Waals surface area contributed by atoms with E-state index in [1.54, 1.807) is 0 Å². The van der Waals surface area contributed by atoms with Crippen LogP contribution in [-0.4, -0.2) is 30.1 Å². The van der Waals surface area contributed by atoms with Gasteiger partial charge in [0.25, 0.3) is 0 Å². The average Bonchev–Trinajstić information content (AvgIpc) is 2.69. The molecule has 0 aliphatic heterocycles. The van der Waals surface area contributed by atoms with Crippen LogP contribution < -0.4 is 5.73 Å². The standard InChI is InChI=1S/C16H34N2/c1-14(2)7-11-18(12-8-15(3)4)13-16(17)9-5-6-10-16/h14-15H,5-13,17H2,1-4H3. The maximum absolute atomic E-state index is 6.53. The molecule has 1 fully saturated rings. The zero-order valence-corrected chi connectivity index (χ0v) is 13.0. The highest BCUT2D eigenvalue weighted by Crippen LogP contribution is 2.28. The quantitative estimate of drug-likeness (QED) is 0.716. The lowest BCUT2D eigenvalue weighted by Gasteiger charge is -2.33. The van der Waals surface area contributed by atoms with Gasteiger partial charge in [0.1, 0.15) is 0 Å². The third-order valence-corrected chi connectivity index (χ3v) is 4.18. The van der Waals surface area contributed by atoms with Gasteiger partial charge in [0.15, 0.2) is 0 Å². The SMILES string of the molecule is CC(C)CCN(CCC(C)C)CC1(N)CCCC1. The van der Waals surface area contributed by atoms with Gasteiger partial charge in [0, 0.05) is 12.1 Å². The lowest BCUT2D eigenvalue weighted by molar-refractivity contribution is 0.191. The molecular formula is C16H34N2. The molecule has 0 spiro atoms. The summed E-state index contributed by atoms with van der Waals surface area (Å²) in [4.78, 5) is 2.63. The number of nitrogens with zero attached hydrogens (tertiary/aromatic N) is 1. The zero-order valence-electron chi connectivity index (χ0n) is 13.0. The fourth-order valence-corrected chi connectivity index (χ4v) is 2.83. The summed E-state index contributed by atoms with van der Waals surface area (Å²) in [7, 11) is 0. The fraction of sp³-hybridized carbons (Fsp3) is 1.00. The first kappa shape index (κ1) is 16.0. The van der Waals surface area contributed by atoms with Crippen molar-refractivity contribution < 1.29 is 0 Å². The van der Waals surface area contributed by atoms with E-state index in [1.807, 2.05) is 0 Å². The maximum Gasteiger partial charge on any atom is 0.0283 e. The molecule has 0 bridgehead atoms. The van der Waals surface area contributed by atoms with E-state index in [0.717, 1.165) is 18.4 Å². The monoisotopic (exact) mass is 254 g/mol. The Balaban J connectivity index is 2.42. The summed E-state index contributed by atoms with van der Waals surface area (Å²) >= 11 is 0. The molecule has 1 saturated carbocycles. The number of hydrogen-bond acceptors (Lipinski definition) is 2. The van der Waals surface area contributed by atoms with Crippen LogP contribution in [0.15, 0.2) is 0 Å². The van der Waals surface area contributed by atoms with Crippen molar-refractivity contribution in [3.63, 3.8) is 0 Å². The summed E-state index contributed by atoms with van der Waals surface area (Å²) in [5.41, 5.74) is 6.65. The van der Waals surface area contributed by atoms with Crippen molar-refractivity contribution >= 4 is 0 Å². The minimum absolute atomic E-state index is 0.119. The van der Waals surface area contributed by atoms with Crippen molar-refractivity contribution in [1.82, 2.24) is 4.90 Å². The average molecular weight is 254 g/mol. The molecule has 2 nitrogen and oxygen atoms in total. The smallest absolute Gasteiger partial charge is 0.0283 e.